The summed E-state index contributed by atoms with van der Waals surface area (Å²) in [6, 6.07) is 8.29. The van der Waals surface area contributed by atoms with Crippen molar-refractivity contribution in [3.05, 3.63) is 48.3 Å². The van der Waals surface area contributed by atoms with E-state index in [1.807, 2.05) is 12.3 Å². The number of para-hydroxylation sites is 2. The van der Waals surface area contributed by atoms with Gasteiger partial charge in [0.15, 0.2) is 0 Å². The zero-order valence-corrected chi connectivity index (χ0v) is 15.0. The van der Waals surface area contributed by atoms with Gasteiger partial charge in [0.05, 0.1) is 17.6 Å². The lowest BCUT2D eigenvalue weighted by molar-refractivity contribution is 0.160. The van der Waals surface area contributed by atoms with Crippen LogP contribution in [0.1, 0.15) is 37.8 Å². The predicted molar refractivity (Wildman–Crippen MR) is 100 cm³/mol. The van der Waals surface area contributed by atoms with E-state index in [4.69, 9.17) is 4.98 Å². The number of imidazole rings is 2. The average Bonchev–Trinajstić information content (AvgIpc) is 3.22. The van der Waals surface area contributed by atoms with Gasteiger partial charge in [0.2, 0.25) is 0 Å². The number of hydrogen-bond acceptors (Lipinski definition) is 3. The monoisotopic (exact) mass is 337 g/mol. The standard InChI is InChI=1S/C20H27N5/c1-2-10-25-12-9-21-20(25)15-24-11-5-6-16(14-24)13-19-22-17-7-3-4-8-18(17)23-19/h3-4,7-9,12,16H,2,5-6,10-11,13-15H2,1H3,(H,22,23). The van der Waals surface area contributed by atoms with Crippen molar-refractivity contribution in [1.82, 2.24) is 24.4 Å². The number of hydrogen-bond donors (Lipinski definition) is 1. The van der Waals surface area contributed by atoms with E-state index >= 15 is 0 Å². The number of aromatic nitrogens is 4. The first-order valence-corrected chi connectivity index (χ1v) is 9.48. The Kier molecular flexibility index (Phi) is 4.83. The fraction of sp³-hybridized carbons (Fsp3) is 0.500. The molecule has 1 unspecified atom stereocenters. The van der Waals surface area contributed by atoms with Gasteiger partial charge in [0.1, 0.15) is 11.6 Å². The number of aromatic amines is 1. The Morgan fingerprint density at radius 3 is 3.08 bits per heavy atom. The molecule has 1 aliphatic heterocycles. The van der Waals surface area contributed by atoms with E-state index in [1.54, 1.807) is 0 Å². The normalized spacial score (nSPS) is 18.8. The maximum atomic E-state index is 4.76. The van der Waals surface area contributed by atoms with Gasteiger partial charge in [0.25, 0.3) is 0 Å². The van der Waals surface area contributed by atoms with Crippen LogP contribution in [0.25, 0.3) is 11.0 Å². The smallest absolute Gasteiger partial charge is 0.122 e. The molecule has 4 rings (SSSR count). The summed E-state index contributed by atoms with van der Waals surface area (Å²) >= 11 is 0. The molecule has 0 spiro atoms. The summed E-state index contributed by atoms with van der Waals surface area (Å²) in [4.78, 5) is 15.4. The highest BCUT2D eigenvalue weighted by Gasteiger charge is 2.22. The van der Waals surface area contributed by atoms with Crippen LogP contribution in [0.3, 0.4) is 0 Å². The van der Waals surface area contributed by atoms with E-state index in [9.17, 15) is 0 Å². The Hall–Kier alpha value is -2.14. The molecule has 3 heterocycles. The summed E-state index contributed by atoms with van der Waals surface area (Å²) in [6.45, 7) is 6.55. The van der Waals surface area contributed by atoms with Crippen molar-refractivity contribution >= 4 is 11.0 Å². The molecule has 3 aromatic rings. The van der Waals surface area contributed by atoms with Crippen LogP contribution in [-0.4, -0.2) is 37.5 Å². The van der Waals surface area contributed by atoms with Crippen LogP contribution in [0.2, 0.25) is 0 Å². The molecule has 0 radical (unpaired) electrons. The van der Waals surface area contributed by atoms with Gasteiger partial charge >= 0.3 is 0 Å². The third-order valence-electron chi connectivity index (χ3n) is 5.15. The van der Waals surface area contributed by atoms with E-state index in [-0.39, 0.29) is 0 Å². The highest BCUT2D eigenvalue weighted by atomic mass is 15.2. The van der Waals surface area contributed by atoms with Crippen LogP contribution in [0.5, 0.6) is 0 Å². The van der Waals surface area contributed by atoms with Crippen LogP contribution in [0.15, 0.2) is 36.7 Å². The number of rotatable bonds is 6. The number of likely N-dealkylation sites (tertiary alicyclic amines) is 1. The van der Waals surface area contributed by atoms with Gasteiger partial charge < -0.3 is 9.55 Å². The molecule has 1 atom stereocenters. The molecule has 0 saturated carbocycles. The van der Waals surface area contributed by atoms with Gasteiger partial charge in [-0.05, 0) is 43.9 Å². The molecule has 1 aliphatic rings. The third kappa shape index (κ3) is 3.76. The quantitative estimate of drug-likeness (QED) is 0.747. The van der Waals surface area contributed by atoms with Crippen LogP contribution < -0.4 is 0 Å². The zero-order valence-electron chi connectivity index (χ0n) is 15.0. The number of benzene rings is 1. The molecule has 5 heteroatoms. The van der Waals surface area contributed by atoms with Crippen molar-refractivity contribution in [2.45, 2.75) is 45.7 Å². The van der Waals surface area contributed by atoms with E-state index < -0.39 is 0 Å². The first kappa shape index (κ1) is 16.3. The first-order valence-electron chi connectivity index (χ1n) is 9.48. The van der Waals surface area contributed by atoms with Crippen molar-refractivity contribution in [2.24, 2.45) is 5.92 Å². The van der Waals surface area contributed by atoms with Crippen molar-refractivity contribution < 1.29 is 0 Å². The highest BCUT2D eigenvalue weighted by molar-refractivity contribution is 5.74. The SMILES string of the molecule is CCCn1ccnc1CN1CCCC(Cc2nc3ccccc3[nH]2)C1. The van der Waals surface area contributed by atoms with Gasteiger partial charge in [-0.15, -0.1) is 0 Å². The molecule has 0 bridgehead atoms. The Balaban J connectivity index is 1.39. The zero-order chi connectivity index (χ0) is 17.1. The summed E-state index contributed by atoms with van der Waals surface area (Å²) < 4.78 is 2.29. The molecule has 1 aromatic carbocycles. The van der Waals surface area contributed by atoms with Crippen LogP contribution in [0.4, 0.5) is 0 Å². The van der Waals surface area contributed by atoms with Gasteiger partial charge in [-0.3, -0.25) is 4.90 Å². The van der Waals surface area contributed by atoms with Gasteiger partial charge in [0, 0.05) is 31.9 Å². The maximum Gasteiger partial charge on any atom is 0.122 e. The first-order chi connectivity index (χ1) is 12.3. The lowest BCUT2D eigenvalue weighted by Gasteiger charge is -2.32. The molecule has 132 valence electrons. The van der Waals surface area contributed by atoms with Crippen LogP contribution >= 0.6 is 0 Å². The van der Waals surface area contributed by atoms with E-state index in [0.29, 0.717) is 5.92 Å². The largest absolute Gasteiger partial charge is 0.342 e. The van der Waals surface area contributed by atoms with Gasteiger partial charge in [-0.25, -0.2) is 9.97 Å². The number of fused-ring (bicyclic) bond motifs is 1. The second-order valence-corrected chi connectivity index (χ2v) is 7.19. The minimum Gasteiger partial charge on any atom is -0.342 e. The van der Waals surface area contributed by atoms with Crippen molar-refractivity contribution in [1.29, 1.82) is 0 Å². The lowest BCUT2D eigenvalue weighted by Crippen LogP contribution is -2.36. The fourth-order valence-corrected chi connectivity index (χ4v) is 3.97. The third-order valence-corrected chi connectivity index (χ3v) is 5.15. The second kappa shape index (κ2) is 7.40. The Morgan fingerprint density at radius 1 is 1.28 bits per heavy atom. The Bertz CT molecular complexity index is 785. The minimum absolute atomic E-state index is 0.670. The molecular formula is C20H27N5. The second-order valence-electron chi connectivity index (χ2n) is 7.19. The molecule has 5 nitrogen and oxygen atoms in total. The minimum atomic E-state index is 0.670. The van der Waals surface area contributed by atoms with Crippen LogP contribution in [0, 0.1) is 5.92 Å². The van der Waals surface area contributed by atoms with E-state index in [2.05, 4.69) is 50.8 Å². The van der Waals surface area contributed by atoms with Crippen molar-refractivity contribution in [2.75, 3.05) is 13.1 Å². The molecule has 2 aromatic heterocycles. The molecule has 1 fully saturated rings. The highest BCUT2D eigenvalue weighted by Crippen LogP contribution is 2.22. The summed E-state index contributed by atoms with van der Waals surface area (Å²) in [5, 5.41) is 0. The van der Waals surface area contributed by atoms with E-state index in [0.717, 1.165) is 49.3 Å². The molecule has 1 N–H and O–H groups in total. The van der Waals surface area contributed by atoms with E-state index in [1.165, 1.54) is 25.2 Å². The fourth-order valence-electron chi connectivity index (χ4n) is 3.97. The molecule has 0 amide bonds. The molecule has 25 heavy (non-hydrogen) atoms. The molecule has 0 aliphatic carbocycles. The number of aryl methyl sites for hydroxylation is 1. The number of H-pyrrole nitrogens is 1. The molecular weight excluding hydrogens is 310 g/mol. The number of nitrogens with zero attached hydrogens (tertiary/aromatic N) is 4. The topological polar surface area (TPSA) is 49.7 Å². The Labute approximate surface area is 149 Å². The predicted octanol–water partition coefficient (Wildman–Crippen LogP) is 3.62. The van der Waals surface area contributed by atoms with Crippen molar-refractivity contribution in [3.8, 4) is 0 Å². The van der Waals surface area contributed by atoms with Gasteiger partial charge in [-0.1, -0.05) is 19.1 Å². The maximum absolute atomic E-state index is 4.76. The average molecular weight is 337 g/mol. The number of nitrogens with one attached hydrogen (secondary N) is 1. The van der Waals surface area contributed by atoms with Crippen LogP contribution in [-0.2, 0) is 19.5 Å². The summed E-state index contributed by atoms with van der Waals surface area (Å²) in [5.74, 6) is 3.00. The van der Waals surface area contributed by atoms with Gasteiger partial charge in [-0.2, -0.15) is 0 Å². The summed E-state index contributed by atoms with van der Waals surface area (Å²) in [5.41, 5.74) is 2.22. The lowest BCUT2D eigenvalue weighted by atomic mass is 9.94. The Morgan fingerprint density at radius 2 is 2.20 bits per heavy atom. The number of piperidine rings is 1. The summed E-state index contributed by atoms with van der Waals surface area (Å²) in [7, 11) is 0. The van der Waals surface area contributed by atoms with Crippen molar-refractivity contribution in [3.63, 3.8) is 0 Å². The summed E-state index contributed by atoms with van der Waals surface area (Å²) in [6.07, 6.45) is 8.78. The molecule has 1 saturated heterocycles.